The van der Waals surface area contributed by atoms with E-state index >= 15 is 0 Å². The third-order valence-corrected chi connectivity index (χ3v) is 6.90. The highest BCUT2D eigenvalue weighted by Crippen LogP contribution is 2.50. The lowest BCUT2D eigenvalue weighted by Crippen LogP contribution is -2.28. The van der Waals surface area contributed by atoms with Crippen molar-refractivity contribution >= 4 is 17.4 Å². The molecule has 1 unspecified atom stereocenters. The number of rotatable bonds is 6. The van der Waals surface area contributed by atoms with Crippen LogP contribution >= 0.6 is 11.8 Å². The Morgan fingerprint density at radius 1 is 1.00 bits per heavy atom. The zero-order valence-corrected chi connectivity index (χ0v) is 18.5. The van der Waals surface area contributed by atoms with Crippen molar-refractivity contribution in [3.8, 4) is 5.75 Å². The average molecular weight is 418 g/mol. The van der Waals surface area contributed by atoms with Crippen LogP contribution in [0.4, 0.5) is 5.69 Å². The van der Waals surface area contributed by atoms with Crippen LogP contribution in [0.1, 0.15) is 41.8 Å². The minimum Gasteiger partial charge on any atom is -0.493 e. The largest absolute Gasteiger partial charge is 0.493 e. The van der Waals surface area contributed by atoms with Gasteiger partial charge in [0, 0.05) is 17.0 Å². The van der Waals surface area contributed by atoms with Gasteiger partial charge in [-0.25, -0.2) is 0 Å². The second-order valence-corrected chi connectivity index (χ2v) is 8.97. The van der Waals surface area contributed by atoms with Gasteiger partial charge in [-0.05, 0) is 41.7 Å². The second kappa shape index (κ2) is 8.97. The van der Waals surface area contributed by atoms with Gasteiger partial charge in [0.1, 0.15) is 5.37 Å². The van der Waals surface area contributed by atoms with Crippen molar-refractivity contribution in [1.29, 1.82) is 0 Å². The molecule has 0 saturated carbocycles. The van der Waals surface area contributed by atoms with Crippen molar-refractivity contribution in [2.24, 2.45) is 0 Å². The summed E-state index contributed by atoms with van der Waals surface area (Å²) in [4.78, 5) is 16.9. The Hall–Kier alpha value is -2.72. The fourth-order valence-corrected chi connectivity index (χ4v) is 5.20. The van der Waals surface area contributed by atoms with Crippen LogP contribution in [0.25, 0.3) is 0 Å². The van der Waals surface area contributed by atoms with E-state index in [1.807, 2.05) is 18.2 Å². The van der Waals surface area contributed by atoms with Crippen molar-refractivity contribution < 1.29 is 4.74 Å². The molecule has 154 valence electrons. The molecule has 3 nitrogen and oxygen atoms in total. The van der Waals surface area contributed by atoms with Crippen molar-refractivity contribution in [2.45, 2.75) is 36.5 Å². The quantitative estimate of drug-likeness (QED) is 0.490. The molecule has 0 spiro atoms. The van der Waals surface area contributed by atoms with Crippen molar-refractivity contribution in [3.63, 3.8) is 0 Å². The summed E-state index contributed by atoms with van der Waals surface area (Å²) in [5.41, 5.74) is 4.34. The smallest absolute Gasteiger partial charge is 0.226 e. The van der Waals surface area contributed by atoms with E-state index in [0.29, 0.717) is 11.7 Å². The Morgan fingerprint density at radius 3 is 2.47 bits per heavy atom. The molecule has 0 amide bonds. The van der Waals surface area contributed by atoms with Crippen molar-refractivity contribution in [2.75, 3.05) is 18.6 Å². The number of para-hydroxylation sites is 1. The third kappa shape index (κ3) is 4.10. The molecular formula is C26H27NO2S. The molecule has 4 heteroatoms. The first kappa shape index (κ1) is 20.5. The fraction of sp³-hybridized carbons (Fsp3) is 0.269. The van der Waals surface area contributed by atoms with E-state index in [2.05, 4.69) is 73.3 Å². The highest BCUT2D eigenvalue weighted by atomic mass is 32.2. The number of ether oxygens (including phenoxy) is 1. The van der Waals surface area contributed by atoms with Crippen LogP contribution in [0.5, 0.6) is 5.75 Å². The predicted octanol–water partition coefficient (Wildman–Crippen LogP) is 6.03. The molecule has 1 heterocycles. The van der Waals surface area contributed by atoms with Crippen LogP contribution in [0, 0.1) is 0 Å². The van der Waals surface area contributed by atoms with Crippen LogP contribution in [0.3, 0.4) is 0 Å². The lowest BCUT2D eigenvalue weighted by Gasteiger charge is -2.26. The normalized spacial score (nSPS) is 15.3. The van der Waals surface area contributed by atoms with E-state index in [0.717, 1.165) is 24.1 Å². The molecular weight excluding hydrogens is 390 g/mol. The summed E-state index contributed by atoms with van der Waals surface area (Å²) in [6.45, 7) is 5.10. The van der Waals surface area contributed by atoms with Gasteiger partial charge in [-0.3, -0.25) is 4.79 Å². The maximum absolute atomic E-state index is 13.4. The van der Waals surface area contributed by atoms with Gasteiger partial charge in [0.25, 0.3) is 0 Å². The molecule has 3 aromatic rings. The lowest BCUT2D eigenvalue weighted by molar-refractivity contribution is 0.410. The van der Waals surface area contributed by atoms with E-state index < -0.39 is 0 Å². The SMILES string of the molecule is COc1cc(C(C)C)ccc(C2Sc3ccccc3N2CCc2ccccc2)c1=O. The number of hydrogen-bond acceptors (Lipinski definition) is 4. The third-order valence-electron chi connectivity index (χ3n) is 5.57. The molecule has 30 heavy (non-hydrogen) atoms. The number of anilines is 1. The van der Waals surface area contributed by atoms with Crippen LogP contribution in [-0.4, -0.2) is 13.7 Å². The van der Waals surface area contributed by atoms with Crippen LogP contribution in [0.15, 0.2) is 82.5 Å². The Morgan fingerprint density at radius 2 is 1.73 bits per heavy atom. The number of fused-ring (bicyclic) bond motifs is 1. The van der Waals surface area contributed by atoms with Gasteiger partial charge in [-0.2, -0.15) is 0 Å². The van der Waals surface area contributed by atoms with Crippen LogP contribution in [0.2, 0.25) is 0 Å². The highest BCUT2D eigenvalue weighted by molar-refractivity contribution is 8.00. The summed E-state index contributed by atoms with van der Waals surface area (Å²) in [5.74, 6) is 0.736. The van der Waals surface area contributed by atoms with Gasteiger partial charge < -0.3 is 9.64 Å². The Labute approximate surface area is 182 Å². The summed E-state index contributed by atoms with van der Waals surface area (Å²) in [6, 6.07) is 24.9. The van der Waals surface area contributed by atoms with Gasteiger partial charge in [0.2, 0.25) is 5.43 Å². The Balaban J connectivity index is 1.75. The van der Waals surface area contributed by atoms with Crippen molar-refractivity contribution in [1.82, 2.24) is 0 Å². The molecule has 3 aromatic carbocycles. The van der Waals surface area contributed by atoms with Gasteiger partial charge in [-0.15, -0.1) is 0 Å². The summed E-state index contributed by atoms with van der Waals surface area (Å²) < 4.78 is 5.50. The molecule has 1 aliphatic rings. The van der Waals surface area contributed by atoms with Crippen molar-refractivity contribution in [3.05, 3.63) is 99.7 Å². The molecule has 0 saturated heterocycles. The zero-order chi connectivity index (χ0) is 21.1. The fourth-order valence-electron chi connectivity index (χ4n) is 3.84. The molecule has 1 atom stereocenters. The van der Waals surface area contributed by atoms with E-state index in [4.69, 9.17) is 4.74 Å². The minimum atomic E-state index is -0.0695. The predicted molar refractivity (Wildman–Crippen MR) is 126 cm³/mol. The molecule has 1 aliphatic heterocycles. The van der Waals surface area contributed by atoms with E-state index in [1.165, 1.54) is 16.1 Å². The van der Waals surface area contributed by atoms with E-state index in [1.54, 1.807) is 18.9 Å². The molecule has 0 N–H and O–H groups in total. The molecule has 0 fully saturated rings. The van der Waals surface area contributed by atoms with E-state index in [-0.39, 0.29) is 10.8 Å². The molecule has 4 rings (SSSR count). The summed E-state index contributed by atoms with van der Waals surface area (Å²) in [7, 11) is 1.58. The van der Waals surface area contributed by atoms with E-state index in [9.17, 15) is 4.79 Å². The Kier molecular flexibility index (Phi) is 6.14. The first-order valence-corrected chi connectivity index (χ1v) is 11.2. The summed E-state index contributed by atoms with van der Waals surface area (Å²) in [6.07, 6.45) is 0.924. The molecule has 0 aromatic heterocycles. The summed E-state index contributed by atoms with van der Waals surface area (Å²) >= 11 is 1.75. The number of methoxy groups -OCH3 is 1. The van der Waals surface area contributed by atoms with Gasteiger partial charge >= 0.3 is 0 Å². The first-order chi connectivity index (χ1) is 14.6. The number of benzene rings is 2. The second-order valence-electron chi connectivity index (χ2n) is 7.85. The van der Waals surface area contributed by atoms with Gasteiger partial charge in [0.05, 0.1) is 12.8 Å². The number of hydrogen-bond donors (Lipinski definition) is 0. The topological polar surface area (TPSA) is 29.5 Å². The minimum absolute atomic E-state index is 0.0283. The molecule has 0 bridgehead atoms. The molecule has 0 radical (unpaired) electrons. The van der Waals surface area contributed by atoms with Gasteiger partial charge in [-0.1, -0.05) is 80.2 Å². The zero-order valence-electron chi connectivity index (χ0n) is 17.7. The van der Waals surface area contributed by atoms with Crippen LogP contribution in [-0.2, 0) is 6.42 Å². The summed E-state index contributed by atoms with van der Waals surface area (Å²) in [5, 5.41) is -0.0695. The van der Waals surface area contributed by atoms with Gasteiger partial charge in [0.15, 0.2) is 5.75 Å². The Bertz CT molecular complexity index is 1080. The maximum atomic E-state index is 13.4. The highest BCUT2D eigenvalue weighted by Gasteiger charge is 2.32. The lowest BCUT2D eigenvalue weighted by atomic mass is 10.1. The number of thioether (sulfide) groups is 1. The first-order valence-electron chi connectivity index (χ1n) is 10.4. The number of nitrogens with zero attached hydrogens (tertiary/aromatic N) is 1. The average Bonchev–Trinajstić information content (AvgIpc) is 3.03. The standard InChI is InChI=1S/C26H27NO2S/c1-18(2)20-13-14-21(25(28)23(17-20)29-3)26-27(16-15-19-9-5-4-6-10-19)22-11-7-8-12-24(22)30-26/h4-14,17-18,26H,15-16H2,1-3H3. The molecule has 0 aliphatic carbocycles. The monoisotopic (exact) mass is 417 g/mol. The van der Waals surface area contributed by atoms with Crippen LogP contribution < -0.4 is 15.1 Å². The maximum Gasteiger partial charge on any atom is 0.226 e.